The Hall–Kier alpha value is -2.15. The Morgan fingerprint density at radius 2 is 2.28 bits per heavy atom. The zero-order valence-electron chi connectivity index (χ0n) is 14.4. The number of urea groups is 1. The SMILES string of the molecule is COCC1(CNC(=O)N2CCNC(=O)C2c2cccc(F)c2)CCC1. The van der Waals surface area contributed by atoms with Crippen molar-refractivity contribution in [3.8, 4) is 0 Å². The van der Waals surface area contributed by atoms with Gasteiger partial charge in [-0.3, -0.25) is 4.79 Å². The number of hydrogen-bond acceptors (Lipinski definition) is 3. The summed E-state index contributed by atoms with van der Waals surface area (Å²) in [6.45, 7) is 1.91. The molecule has 2 aliphatic rings. The molecule has 0 bridgehead atoms. The zero-order valence-corrected chi connectivity index (χ0v) is 14.4. The highest BCUT2D eigenvalue weighted by atomic mass is 19.1. The third-order valence-electron chi connectivity index (χ3n) is 5.12. The van der Waals surface area contributed by atoms with Crippen molar-refractivity contribution in [1.29, 1.82) is 0 Å². The summed E-state index contributed by atoms with van der Waals surface area (Å²) < 4.78 is 18.8. The molecule has 1 unspecified atom stereocenters. The molecule has 1 aromatic rings. The van der Waals surface area contributed by atoms with Gasteiger partial charge < -0.3 is 20.3 Å². The number of piperazine rings is 1. The van der Waals surface area contributed by atoms with Crippen LogP contribution >= 0.6 is 0 Å². The van der Waals surface area contributed by atoms with Gasteiger partial charge in [-0.1, -0.05) is 18.6 Å². The summed E-state index contributed by atoms with van der Waals surface area (Å²) in [5.41, 5.74) is 0.471. The first-order valence-electron chi connectivity index (χ1n) is 8.61. The van der Waals surface area contributed by atoms with Gasteiger partial charge in [-0.15, -0.1) is 0 Å². The predicted octanol–water partition coefficient (Wildman–Crippen LogP) is 1.82. The van der Waals surface area contributed by atoms with Gasteiger partial charge in [0.1, 0.15) is 11.9 Å². The summed E-state index contributed by atoms with van der Waals surface area (Å²) >= 11 is 0. The van der Waals surface area contributed by atoms with Crippen LogP contribution in [0.3, 0.4) is 0 Å². The molecule has 1 atom stereocenters. The second-order valence-corrected chi connectivity index (χ2v) is 6.89. The molecule has 3 amide bonds. The number of halogens is 1. The van der Waals surface area contributed by atoms with Gasteiger partial charge in [0.25, 0.3) is 0 Å². The number of rotatable bonds is 5. The molecule has 6 nitrogen and oxygen atoms in total. The molecule has 1 saturated carbocycles. The molecule has 1 aliphatic heterocycles. The van der Waals surface area contributed by atoms with Crippen molar-refractivity contribution in [3.63, 3.8) is 0 Å². The van der Waals surface area contributed by atoms with E-state index >= 15 is 0 Å². The van der Waals surface area contributed by atoms with Gasteiger partial charge in [-0.05, 0) is 30.5 Å². The molecule has 7 heteroatoms. The molecular formula is C18H24FN3O3. The average Bonchev–Trinajstić information content (AvgIpc) is 2.56. The van der Waals surface area contributed by atoms with Crippen molar-refractivity contribution >= 4 is 11.9 Å². The lowest BCUT2D eigenvalue weighted by atomic mass is 9.69. The first kappa shape index (κ1) is 17.7. The number of carbonyl (C=O) groups excluding carboxylic acids is 2. The Balaban J connectivity index is 1.71. The van der Waals surface area contributed by atoms with Gasteiger partial charge in [-0.2, -0.15) is 0 Å². The second kappa shape index (κ2) is 7.39. The molecule has 1 saturated heterocycles. The number of carbonyl (C=O) groups is 2. The number of hydrogen-bond donors (Lipinski definition) is 2. The van der Waals surface area contributed by atoms with E-state index < -0.39 is 11.9 Å². The fourth-order valence-corrected chi connectivity index (χ4v) is 3.61. The summed E-state index contributed by atoms with van der Waals surface area (Å²) in [7, 11) is 1.66. The van der Waals surface area contributed by atoms with Crippen LogP contribution in [-0.4, -0.2) is 50.2 Å². The van der Waals surface area contributed by atoms with Gasteiger partial charge in [0.2, 0.25) is 5.91 Å². The quantitative estimate of drug-likeness (QED) is 0.852. The van der Waals surface area contributed by atoms with Crippen molar-refractivity contribution in [2.45, 2.75) is 25.3 Å². The van der Waals surface area contributed by atoms with Crippen LogP contribution in [0.4, 0.5) is 9.18 Å². The number of amides is 3. The lowest BCUT2D eigenvalue weighted by molar-refractivity contribution is -0.127. The van der Waals surface area contributed by atoms with Gasteiger partial charge in [0.15, 0.2) is 0 Å². The first-order valence-corrected chi connectivity index (χ1v) is 8.61. The average molecular weight is 349 g/mol. The lowest BCUT2D eigenvalue weighted by Gasteiger charge is -2.42. The smallest absolute Gasteiger partial charge is 0.318 e. The monoisotopic (exact) mass is 349 g/mol. The number of ether oxygens (including phenoxy) is 1. The molecule has 0 aromatic heterocycles. The maximum Gasteiger partial charge on any atom is 0.318 e. The van der Waals surface area contributed by atoms with Crippen molar-refractivity contribution in [2.75, 3.05) is 33.4 Å². The molecule has 0 radical (unpaired) electrons. The summed E-state index contributed by atoms with van der Waals surface area (Å²) in [6, 6.07) is 4.71. The van der Waals surface area contributed by atoms with Crippen molar-refractivity contribution < 1.29 is 18.7 Å². The van der Waals surface area contributed by atoms with Crippen LogP contribution in [-0.2, 0) is 9.53 Å². The highest BCUT2D eigenvalue weighted by molar-refractivity contribution is 5.89. The molecule has 3 rings (SSSR count). The Kier molecular flexibility index (Phi) is 5.22. The Morgan fingerprint density at radius 1 is 1.48 bits per heavy atom. The van der Waals surface area contributed by atoms with Gasteiger partial charge in [-0.25, -0.2) is 9.18 Å². The molecule has 1 heterocycles. The fraction of sp³-hybridized carbons (Fsp3) is 0.556. The maximum atomic E-state index is 13.6. The molecule has 1 aromatic carbocycles. The Labute approximate surface area is 146 Å². The highest BCUT2D eigenvalue weighted by Gasteiger charge is 2.39. The van der Waals surface area contributed by atoms with E-state index in [1.54, 1.807) is 19.2 Å². The Morgan fingerprint density at radius 3 is 2.92 bits per heavy atom. The van der Waals surface area contributed by atoms with E-state index in [0.717, 1.165) is 19.3 Å². The van der Waals surface area contributed by atoms with Crippen molar-refractivity contribution in [2.24, 2.45) is 5.41 Å². The number of nitrogens with zero attached hydrogens (tertiary/aromatic N) is 1. The zero-order chi connectivity index (χ0) is 17.9. The molecule has 2 fully saturated rings. The maximum absolute atomic E-state index is 13.6. The number of nitrogens with one attached hydrogen (secondary N) is 2. The normalized spacial score (nSPS) is 22.1. The minimum absolute atomic E-state index is 0.00317. The van der Waals surface area contributed by atoms with E-state index in [1.165, 1.54) is 17.0 Å². The topological polar surface area (TPSA) is 70.7 Å². The molecule has 1 aliphatic carbocycles. The summed E-state index contributed by atoms with van der Waals surface area (Å²) in [5, 5.41) is 5.69. The lowest BCUT2D eigenvalue weighted by Crippen LogP contribution is -2.56. The van der Waals surface area contributed by atoms with E-state index in [2.05, 4.69) is 10.6 Å². The number of benzene rings is 1. The van der Waals surface area contributed by atoms with Crippen LogP contribution in [0.1, 0.15) is 30.9 Å². The van der Waals surface area contributed by atoms with Gasteiger partial charge in [0, 0.05) is 32.2 Å². The summed E-state index contributed by atoms with van der Waals surface area (Å²) in [6.07, 6.45) is 3.18. The third kappa shape index (κ3) is 3.76. The van der Waals surface area contributed by atoms with E-state index in [1.807, 2.05) is 0 Å². The van der Waals surface area contributed by atoms with Crippen LogP contribution < -0.4 is 10.6 Å². The molecule has 25 heavy (non-hydrogen) atoms. The standard InChI is InChI=1S/C18H24FN3O3/c1-25-12-18(6-3-7-18)11-21-17(24)22-9-8-20-16(23)15(22)13-4-2-5-14(19)10-13/h2,4-5,10,15H,3,6-9,11-12H2,1H3,(H,20,23)(H,21,24). The van der Waals surface area contributed by atoms with Crippen LogP contribution in [0, 0.1) is 11.2 Å². The first-order chi connectivity index (χ1) is 12.0. The summed E-state index contributed by atoms with van der Waals surface area (Å²) in [4.78, 5) is 26.5. The number of methoxy groups -OCH3 is 1. The Bertz CT molecular complexity index is 648. The molecule has 2 N–H and O–H groups in total. The van der Waals surface area contributed by atoms with Crippen LogP contribution in [0.2, 0.25) is 0 Å². The van der Waals surface area contributed by atoms with E-state index in [4.69, 9.17) is 4.74 Å². The largest absolute Gasteiger partial charge is 0.384 e. The predicted molar refractivity (Wildman–Crippen MR) is 90.4 cm³/mol. The molecular weight excluding hydrogens is 325 g/mol. The molecule has 0 spiro atoms. The van der Waals surface area contributed by atoms with Crippen LogP contribution in [0.25, 0.3) is 0 Å². The third-order valence-corrected chi connectivity index (χ3v) is 5.12. The minimum atomic E-state index is -0.816. The summed E-state index contributed by atoms with van der Waals surface area (Å²) in [5.74, 6) is -0.716. The van der Waals surface area contributed by atoms with Crippen LogP contribution in [0.5, 0.6) is 0 Å². The van der Waals surface area contributed by atoms with Gasteiger partial charge in [0.05, 0.1) is 6.61 Å². The fourth-order valence-electron chi connectivity index (χ4n) is 3.61. The van der Waals surface area contributed by atoms with E-state index in [0.29, 0.717) is 31.8 Å². The van der Waals surface area contributed by atoms with E-state index in [-0.39, 0.29) is 17.4 Å². The minimum Gasteiger partial charge on any atom is -0.384 e. The second-order valence-electron chi connectivity index (χ2n) is 6.89. The molecule has 136 valence electrons. The van der Waals surface area contributed by atoms with E-state index in [9.17, 15) is 14.0 Å². The van der Waals surface area contributed by atoms with Crippen LogP contribution in [0.15, 0.2) is 24.3 Å². The highest BCUT2D eigenvalue weighted by Crippen LogP contribution is 2.40. The van der Waals surface area contributed by atoms with Crippen molar-refractivity contribution in [1.82, 2.24) is 15.5 Å². The van der Waals surface area contributed by atoms with Gasteiger partial charge >= 0.3 is 6.03 Å². The van der Waals surface area contributed by atoms with Crippen molar-refractivity contribution in [3.05, 3.63) is 35.6 Å².